The highest BCUT2D eigenvalue weighted by molar-refractivity contribution is 7.11. The van der Waals surface area contributed by atoms with Crippen molar-refractivity contribution in [3.63, 3.8) is 0 Å². The minimum absolute atomic E-state index is 0.392. The highest BCUT2D eigenvalue weighted by atomic mass is 32.1. The van der Waals surface area contributed by atoms with Crippen molar-refractivity contribution in [2.45, 2.75) is 25.0 Å². The molecule has 1 fully saturated rings. The summed E-state index contributed by atoms with van der Waals surface area (Å²) < 4.78 is 9.57. The number of nitrogens with zero attached hydrogens (tertiary/aromatic N) is 1. The van der Waals surface area contributed by atoms with Gasteiger partial charge in [-0.2, -0.15) is 4.37 Å². The van der Waals surface area contributed by atoms with Crippen LogP contribution in [0.15, 0.2) is 30.3 Å². The van der Waals surface area contributed by atoms with Crippen molar-refractivity contribution in [2.24, 2.45) is 0 Å². The molecule has 0 radical (unpaired) electrons. The smallest absolute Gasteiger partial charge is 0.147 e. The van der Waals surface area contributed by atoms with Crippen molar-refractivity contribution in [1.82, 2.24) is 4.37 Å². The number of ether oxygens (including phenoxy) is 1. The predicted octanol–water partition coefficient (Wildman–Crippen LogP) is 2.98. The third kappa shape index (κ3) is 2.43. The minimum Gasteiger partial charge on any atom is -0.382 e. The van der Waals surface area contributed by atoms with Crippen LogP contribution in [-0.2, 0) is 4.74 Å². The van der Waals surface area contributed by atoms with Gasteiger partial charge in [0.15, 0.2) is 0 Å². The molecule has 0 spiro atoms. The summed E-state index contributed by atoms with van der Waals surface area (Å²) in [4.78, 5) is 0. The number of nitrogens with two attached hydrogens (primary N) is 1. The Balaban J connectivity index is 1.80. The van der Waals surface area contributed by atoms with E-state index in [1.54, 1.807) is 7.11 Å². The molecule has 1 heterocycles. The summed E-state index contributed by atoms with van der Waals surface area (Å²) in [5.74, 6) is 0.598. The fourth-order valence-corrected chi connectivity index (χ4v) is 3.16. The van der Waals surface area contributed by atoms with E-state index in [9.17, 15) is 0 Å². The van der Waals surface area contributed by atoms with Gasteiger partial charge in [0.2, 0.25) is 0 Å². The van der Waals surface area contributed by atoms with Gasteiger partial charge in [0.05, 0.1) is 11.7 Å². The molecule has 0 unspecified atom stereocenters. The van der Waals surface area contributed by atoms with E-state index in [-0.39, 0.29) is 0 Å². The lowest BCUT2D eigenvalue weighted by atomic mass is 9.89. The normalized spacial score (nSPS) is 21.9. The van der Waals surface area contributed by atoms with Crippen LogP contribution in [0.2, 0.25) is 0 Å². The average molecular weight is 275 g/mol. The summed E-state index contributed by atoms with van der Waals surface area (Å²) in [6.07, 6.45) is 2.48. The summed E-state index contributed by atoms with van der Waals surface area (Å²) in [5.41, 5.74) is 8.13. The molecule has 0 atom stereocenters. The lowest BCUT2D eigenvalue weighted by molar-refractivity contribution is 0.0329. The molecular weight excluding hydrogens is 258 g/mol. The SMILES string of the molecule is COC1CC(Nc2snc(N)c2-c2ccccc2)C1. The fourth-order valence-electron chi connectivity index (χ4n) is 2.35. The molecule has 0 amide bonds. The van der Waals surface area contributed by atoms with Crippen molar-refractivity contribution in [3.05, 3.63) is 30.3 Å². The quantitative estimate of drug-likeness (QED) is 0.900. The van der Waals surface area contributed by atoms with Gasteiger partial charge in [-0.3, -0.25) is 0 Å². The first kappa shape index (κ1) is 12.4. The molecule has 19 heavy (non-hydrogen) atoms. The Kier molecular flexibility index (Phi) is 3.40. The van der Waals surface area contributed by atoms with Gasteiger partial charge in [0, 0.05) is 13.2 Å². The first-order chi connectivity index (χ1) is 9.28. The molecule has 4 nitrogen and oxygen atoms in total. The van der Waals surface area contributed by atoms with Gasteiger partial charge in [-0.05, 0) is 29.9 Å². The minimum atomic E-state index is 0.392. The predicted molar refractivity (Wildman–Crippen MR) is 79.4 cm³/mol. The van der Waals surface area contributed by atoms with Crippen LogP contribution >= 0.6 is 11.5 Å². The Labute approximate surface area is 116 Å². The average Bonchev–Trinajstić information content (AvgIpc) is 2.75. The van der Waals surface area contributed by atoms with Gasteiger partial charge in [-0.15, -0.1) is 0 Å². The van der Waals surface area contributed by atoms with E-state index in [2.05, 4.69) is 21.8 Å². The van der Waals surface area contributed by atoms with Gasteiger partial charge >= 0.3 is 0 Å². The van der Waals surface area contributed by atoms with Crippen molar-refractivity contribution >= 4 is 22.4 Å². The number of nitrogen functional groups attached to an aromatic ring is 1. The molecule has 3 rings (SSSR count). The number of rotatable bonds is 4. The van der Waals surface area contributed by atoms with Crippen molar-refractivity contribution in [1.29, 1.82) is 0 Å². The van der Waals surface area contributed by atoms with Crippen LogP contribution in [0, 0.1) is 0 Å². The maximum Gasteiger partial charge on any atom is 0.147 e. The molecule has 1 aliphatic carbocycles. The Bertz CT molecular complexity index is 549. The number of hydrogen-bond donors (Lipinski definition) is 2. The molecule has 1 aromatic carbocycles. The van der Waals surface area contributed by atoms with Gasteiger partial charge in [0.25, 0.3) is 0 Å². The zero-order valence-corrected chi connectivity index (χ0v) is 11.6. The molecule has 1 saturated carbocycles. The maximum absolute atomic E-state index is 6.00. The first-order valence-corrected chi connectivity index (χ1v) is 7.15. The number of methoxy groups -OCH3 is 1. The molecule has 1 aliphatic rings. The summed E-state index contributed by atoms with van der Waals surface area (Å²) in [5, 5.41) is 4.59. The molecule has 0 saturated heterocycles. The van der Waals surface area contributed by atoms with E-state index in [0.717, 1.165) is 29.0 Å². The summed E-state index contributed by atoms with van der Waals surface area (Å²) in [6.45, 7) is 0. The highest BCUT2D eigenvalue weighted by Crippen LogP contribution is 2.38. The fraction of sp³-hybridized carbons (Fsp3) is 0.357. The van der Waals surface area contributed by atoms with E-state index in [0.29, 0.717) is 18.0 Å². The maximum atomic E-state index is 6.00. The lowest BCUT2D eigenvalue weighted by Crippen LogP contribution is -2.40. The van der Waals surface area contributed by atoms with Crippen LogP contribution in [0.3, 0.4) is 0 Å². The van der Waals surface area contributed by atoms with Crippen LogP contribution in [-0.4, -0.2) is 23.6 Å². The van der Waals surface area contributed by atoms with Crippen LogP contribution in [0.25, 0.3) is 11.1 Å². The topological polar surface area (TPSA) is 60.2 Å². The highest BCUT2D eigenvalue weighted by Gasteiger charge is 2.30. The molecule has 2 aromatic rings. The zero-order chi connectivity index (χ0) is 13.2. The lowest BCUT2D eigenvalue weighted by Gasteiger charge is -2.35. The number of benzene rings is 1. The van der Waals surface area contributed by atoms with E-state index >= 15 is 0 Å². The molecular formula is C14H17N3OS. The Hall–Kier alpha value is -1.59. The molecule has 0 aliphatic heterocycles. The van der Waals surface area contributed by atoms with E-state index in [1.807, 2.05) is 18.2 Å². The van der Waals surface area contributed by atoms with Gasteiger partial charge in [-0.1, -0.05) is 30.3 Å². The number of hydrogen-bond acceptors (Lipinski definition) is 5. The van der Waals surface area contributed by atoms with Crippen LogP contribution in [0.4, 0.5) is 10.8 Å². The Morgan fingerprint density at radius 1 is 1.32 bits per heavy atom. The molecule has 3 N–H and O–H groups in total. The zero-order valence-electron chi connectivity index (χ0n) is 10.8. The third-order valence-corrected chi connectivity index (χ3v) is 4.34. The van der Waals surface area contributed by atoms with Crippen molar-refractivity contribution in [3.8, 4) is 11.1 Å². The number of aromatic nitrogens is 1. The van der Waals surface area contributed by atoms with E-state index < -0.39 is 0 Å². The van der Waals surface area contributed by atoms with Crippen molar-refractivity contribution in [2.75, 3.05) is 18.2 Å². The van der Waals surface area contributed by atoms with Gasteiger partial charge in [0.1, 0.15) is 10.8 Å². The van der Waals surface area contributed by atoms with E-state index in [4.69, 9.17) is 10.5 Å². The molecule has 1 aromatic heterocycles. The van der Waals surface area contributed by atoms with Crippen molar-refractivity contribution < 1.29 is 4.74 Å². The Morgan fingerprint density at radius 2 is 2.05 bits per heavy atom. The van der Waals surface area contributed by atoms with Crippen LogP contribution < -0.4 is 11.1 Å². The molecule has 5 heteroatoms. The van der Waals surface area contributed by atoms with E-state index in [1.165, 1.54) is 11.5 Å². The molecule has 0 bridgehead atoms. The summed E-state index contributed by atoms with van der Waals surface area (Å²) in [7, 11) is 1.76. The summed E-state index contributed by atoms with van der Waals surface area (Å²) in [6, 6.07) is 10.6. The second-order valence-electron chi connectivity index (χ2n) is 4.81. The van der Waals surface area contributed by atoms with Crippen LogP contribution in [0.1, 0.15) is 12.8 Å². The third-order valence-electron chi connectivity index (χ3n) is 3.54. The number of nitrogens with one attached hydrogen (secondary N) is 1. The first-order valence-electron chi connectivity index (χ1n) is 6.38. The standard InChI is InChI=1S/C14H17N3OS/c1-18-11-7-10(8-11)16-14-12(13(15)17-19-14)9-5-3-2-4-6-9/h2-6,10-11,16H,7-8H2,1H3,(H2,15,17). The second-order valence-corrected chi connectivity index (χ2v) is 5.58. The second kappa shape index (κ2) is 5.19. The molecule has 100 valence electrons. The monoisotopic (exact) mass is 275 g/mol. The van der Waals surface area contributed by atoms with Gasteiger partial charge in [-0.25, -0.2) is 0 Å². The Morgan fingerprint density at radius 3 is 2.74 bits per heavy atom. The number of anilines is 2. The summed E-state index contributed by atoms with van der Waals surface area (Å²) >= 11 is 1.43. The van der Waals surface area contributed by atoms with Crippen LogP contribution in [0.5, 0.6) is 0 Å². The largest absolute Gasteiger partial charge is 0.382 e. The van der Waals surface area contributed by atoms with Gasteiger partial charge < -0.3 is 15.8 Å².